The van der Waals surface area contributed by atoms with Crippen LogP contribution in [-0.2, 0) is 11.3 Å². The molecule has 156 valence electrons. The van der Waals surface area contributed by atoms with Gasteiger partial charge in [-0.1, -0.05) is 6.07 Å². The fraction of sp³-hybridized carbons (Fsp3) is 0.400. The zero-order valence-electron chi connectivity index (χ0n) is 15.7. The quantitative estimate of drug-likeness (QED) is 0.730. The minimum Gasteiger partial charge on any atom is -0.493 e. The van der Waals surface area contributed by atoms with Crippen molar-refractivity contribution in [2.75, 3.05) is 12.4 Å². The number of amides is 1. The molecule has 5 nitrogen and oxygen atoms in total. The molecule has 2 unspecified atom stereocenters. The van der Waals surface area contributed by atoms with Gasteiger partial charge >= 0.3 is 0 Å². The smallest absolute Gasteiger partial charge is 0.249 e. The van der Waals surface area contributed by atoms with Crippen LogP contribution in [0.5, 0.6) is 5.75 Å². The Hall–Kier alpha value is -2.68. The van der Waals surface area contributed by atoms with Crippen molar-refractivity contribution in [3.05, 3.63) is 53.4 Å². The van der Waals surface area contributed by atoms with Gasteiger partial charge in [-0.25, -0.2) is 13.2 Å². The molecule has 0 aliphatic heterocycles. The summed E-state index contributed by atoms with van der Waals surface area (Å²) in [6, 6.07) is 5.26. The summed E-state index contributed by atoms with van der Waals surface area (Å²) in [5, 5.41) is 2.61. The van der Waals surface area contributed by atoms with Crippen LogP contribution < -0.4 is 15.8 Å². The Kier molecular flexibility index (Phi) is 6.07. The molecule has 0 spiro atoms. The van der Waals surface area contributed by atoms with Gasteiger partial charge in [0.05, 0.1) is 18.7 Å². The zero-order chi connectivity index (χ0) is 21.2. The number of hydrogen-bond donors (Lipinski definition) is 2. The first-order valence-corrected chi connectivity index (χ1v) is 9.11. The summed E-state index contributed by atoms with van der Waals surface area (Å²) in [5.74, 6) is -8.28. The second-order valence-electron chi connectivity index (χ2n) is 7.02. The molecule has 1 aliphatic carbocycles. The first kappa shape index (κ1) is 21.0. The third kappa shape index (κ3) is 4.50. The molecule has 0 radical (unpaired) electrons. The fourth-order valence-electron chi connectivity index (χ4n) is 3.73. The minimum absolute atomic E-state index is 0.0725. The van der Waals surface area contributed by atoms with Gasteiger partial charge in [0, 0.05) is 36.8 Å². The van der Waals surface area contributed by atoms with Crippen LogP contribution in [0.25, 0.3) is 0 Å². The summed E-state index contributed by atoms with van der Waals surface area (Å²) in [6.45, 7) is 0.153. The Bertz CT molecular complexity index is 907. The number of hydrogen-bond acceptors (Lipinski definition) is 4. The topological polar surface area (TPSA) is 77.2 Å². The predicted molar refractivity (Wildman–Crippen MR) is 98.7 cm³/mol. The highest BCUT2D eigenvalue weighted by molar-refractivity contribution is 5.93. The zero-order valence-corrected chi connectivity index (χ0v) is 15.7. The molecule has 2 aromatic rings. The van der Waals surface area contributed by atoms with Crippen molar-refractivity contribution in [1.82, 2.24) is 4.98 Å². The van der Waals surface area contributed by atoms with Crippen LogP contribution in [0.4, 0.5) is 23.2 Å². The third-order valence-electron chi connectivity index (χ3n) is 5.14. The number of ether oxygens (including phenoxy) is 1. The van der Waals surface area contributed by atoms with Gasteiger partial charge in [-0.2, -0.15) is 4.39 Å². The molecule has 9 heteroatoms. The average Bonchev–Trinajstić information content (AvgIpc) is 2.69. The van der Waals surface area contributed by atoms with Crippen molar-refractivity contribution >= 4 is 11.6 Å². The van der Waals surface area contributed by atoms with Crippen molar-refractivity contribution in [2.24, 2.45) is 11.7 Å². The summed E-state index contributed by atoms with van der Waals surface area (Å²) in [6.07, 6.45) is 0.205. The summed E-state index contributed by atoms with van der Waals surface area (Å²) in [4.78, 5) is 16.9. The summed E-state index contributed by atoms with van der Waals surface area (Å²) >= 11 is 0. The van der Waals surface area contributed by atoms with Gasteiger partial charge in [0.25, 0.3) is 0 Å². The number of benzene rings is 1. The van der Waals surface area contributed by atoms with Crippen molar-refractivity contribution in [1.29, 1.82) is 0 Å². The standard InChI is InChI=1S/C20H21F4N3O2/c1-29-18-14(2-3-16(21)17(18)22)13-4-6-20(23,24)9-15(13)19(28)27-11-5-7-26-12(8-11)10-25/h2-3,5,7-8,13,15H,4,6,9-10,25H2,1H3,(H,26,27,28). The van der Waals surface area contributed by atoms with Crippen molar-refractivity contribution in [3.63, 3.8) is 0 Å². The summed E-state index contributed by atoms with van der Waals surface area (Å²) in [7, 11) is 1.17. The number of methoxy groups -OCH3 is 1. The highest BCUT2D eigenvalue weighted by Crippen LogP contribution is 2.48. The first-order valence-electron chi connectivity index (χ1n) is 9.11. The van der Waals surface area contributed by atoms with Crippen LogP contribution in [0.15, 0.2) is 30.5 Å². The van der Waals surface area contributed by atoms with Gasteiger partial charge in [-0.15, -0.1) is 0 Å². The maximum absolute atomic E-state index is 14.2. The second-order valence-corrected chi connectivity index (χ2v) is 7.02. The number of rotatable bonds is 5. The van der Waals surface area contributed by atoms with E-state index in [9.17, 15) is 22.4 Å². The molecule has 1 fully saturated rings. The maximum Gasteiger partial charge on any atom is 0.249 e. The number of nitrogens with one attached hydrogen (secondary N) is 1. The van der Waals surface area contributed by atoms with Gasteiger partial charge in [-0.05, 0) is 30.5 Å². The molecule has 1 heterocycles. The molecule has 1 aromatic carbocycles. The Labute approximate surface area is 165 Å². The lowest BCUT2D eigenvalue weighted by atomic mass is 9.73. The number of halogens is 4. The van der Waals surface area contributed by atoms with Crippen molar-refractivity contribution in [2.45, 2.75) is 37.6 Å². The van der Waals surface area contributed by atoms with E-state index in [1.807, 2.05) is 0 Å². The number of nitrogens with zero attached hydrogens (tertiary/aromatic N) is 1. The lowest BCUT2D eigenvalue weighted by Crippen LogP contribution is -2.38. The minimum atomic E-state index is -3.04. The number of pyridine rings is 1. The molecule has 2 atom stereocenters. The number of carbonyl (C=O) groups is 1. The molecule has 1 aromatic heterocycles. The van der Waals surface area contributed by atoms with E-state index in [0.29, 0.717) is 11.4 Å². The summed E-state index contributed by atoms with van der Waals surface area (Å²) < 4.78 is 61.0. The molecule has 3 N–H and O–H groups in total. The SMILES string of the molecule is COc1c(C2CCC(F)(F)CC2C(=O)Nc2ccnc(CN)c2)ccc(F)c1F. The number of aromatic nitrogens is 1. The Morgan fingerprint density at radius 2 is 2.10 bits per heavy atom. The molecule has 3 rings (SSSR count). The predicted octanol–water partition coefficient (Wildman–Crippen LogP) is 3.98. The number of carbonyl (C=O) groups excluding carboxylic acids is 1. The van der Waals surface area contributed by atoms with E-state index in [4.69, 9.17) is 10.5 Å². The number of nitrogens with two attached hydrogens (primary N) is 1. The van der Waals surface area contributed by atoms with Crippen molar-refractivity contribution in [3.8, 4) is 5.75 Å². The van der Waals surface area contributed by atoms with Gasteiger partial charge in [-0.3, -0.25) is 9.78 Å². The lowest BCUT2D eigenvalue weighted by Gasteiger charge is -2.36. The first-order chi connectivity index (χ1) is 13.8. The highest BCUT2D eigenvalue weighted by atomic mass is 19.3. The average molecular weight is 411 g/mol. The van der Waals surface area contributed by atoms with Crippen LogP contribution in [0, 0.1) is 17.6 Å². The molecule has 1 amide bonds. The van der Waals surface area contributed by atoms with Crippen LogP contribution >= 0.6 is 0 Å². The van der Waals surface area contributed by atoms with E-state index in [1.165, 1.54) is 25.4 Å². The van der Waals surface area contributed by atoms with Gasteiger partial charge in [0.1, 0.15) is 0 Å². The Morgan fingerprint density at radius 1 is 1.34 bits per heavy atom. The van der Waals surface area contributed by atoms with Crippen LogP contribution in [0.1, 0.15) is 36.4 Å². The van der Waals surface area contributed by atoms with Crippen LogP contribution in [0.2, 0.25) is 0 Å². The summed E-state index contributed by atoms with van der Waals surface area (Å²) in [5.41, 5.74) is 6.62. The van der Waals surface area contributed by atoms with E-state index in [1.54, 1.807) is 6.07 Å². The van der Waals surface area contributed by atoms with Gasteiger partial charge in [0.2, 0.25) is 17.6 Å². The second kappa shape index (κ2) is 8.36. The normalized spacial score (nSPS) is 20.9. The van der Waals surface area contributed by atoms with E-state index in [0.717, 1.165) is 6.07 Å². The van der Waals surface area contributed by atoms with E-state index in [-0.39, 0.29) is 24.3 Å². The third-order valence-corrected chi connectivity index (χ3v) is 5.14. The highest BCUT2D eigenvalue weighted by Gasteiger charge is 2.46. The molecule has 29 heavy (non-hydrogen) atoms. The molecule has 0 saturated heterocycles. The maximum atomic E-state index is 14.2. The molecular weight excluding hydrogens is 390 g/mol. The van der Waals surface area contributed by atoms with Gasteiger partial charge in [0.15, 0.2) is 11.6 Å². The Morgan fingerprint density at radius 3 is 2.79 bits per heavy atom. The van der Waals surface area contributed by atoms with Crippen LogP contribution in [-0.4, -0.2) is 23.9 Å². The number of anilines is 1. The molecule has 1 aliphatic rings. The van der Waals surface area contributed by atoms with Crippen LogP contribution in [0.3, 0.4) is 0 Å². The number of alkyl halides is 2. The van der Waals surface area contributed by atoms with E-state index < -0.39 is 48.1 Å². The lowest BCUT2D eigenvalue weighted by molar-refractivity contribution is -0.128. The van der Waals surface area contributed by atoms with Gasteiger partial charge < -0.3 is 15.8 Å². The molecular formula is C20H21F4N3O2. The largest absolute Gasteiger partial charge is 0.493 e. The molecule has 0 bridgehead atoms. The van der Waals surface area contributed by atoms with Crippen molar-refractivity contribution < 1.29 is 27.1 Å². The molecule has 1 saturated carbocycles. The fourth-order valence-corrected chi connectivity index (χ4v) is 3.73. The monoisotopic (exact) mass is 411 g/mol. The Balaban J connectivity index is 1.94. The van der Waals surface area contributed by atoms with E-state index in [2.05, 4.69) is 10.3 Å². The van der Waals surface area contributed by atoms with E-state index >= 15 is 0 Å².